The Morgan fingerprint density at radius 1 is 1.15 bits per heavy atom. The number of aliphatic hydroxyl groups is 2. The van der Waals surface area contributed by atoms with Crippen LogP contribution in [0.25, 0.3) is 0 Å². The highest BCUT2D eigenvalue weighted by molar-refractivity contribution is 6.30. The molecular formula is C9H10Cl2O2. The summed E-state index contributed by atoms with van der Waals surface area (Å²) >= 11 is 11.1. The van der Waals surface area contributed by atoms with Gasteiger partial charge in [-0.25, -0.2) is 0 Å². The average Bonchev–Trinajstić information content (AvgIpc) is 2.17. The van der Waals surface area contributed by atoms with Crippen LogP contribution in [0.3, 0.4) is 0 Å². The summed E-state index contributed by atoms with van der Waals surface area (Å²) in [7, 11) is 0. The number of alkyl halides is 1. The first-order valence-corrected chi connectivity index (χ1v) is 4.74. The van der Waals surface area contributed by atoms with E-state index in [0.717, 1.165) is 0 Å². The lowest BCUT2D eigenvalue weighted by atomic mass is 10.1. The molecule has 1 rings (SSSR count). The third kappa shape index (κ3) is 2.85. The minimum Gasteiger partial charge on any atom is -0.389 e. The van der Waals surface area contributed by atoms with Crippen molar-refractivity contribution in [3.8, 4) is 0 Å². The zero-order chi connectivity index (χ0) is 9.84. The highest BCUT2D eigenvalue weighted by Gasteiger charge is 2.16. The number of hydrogen-bond donors (Lipinski definition) is 2. The quantitative estimate of drug-likeness (QED) is 0.766. The van der Waals surface area contributed by atoms with Crippen molar-refractivity contribution in [3.63, 3.8) is 0 Å². The smallest absolute Gasteiger partial charge is 0.106 e. The lowest BCUT2D eigenvalue weighted by Crippen LogP contribution is -2.19. The van der Waals surface area contributed by atoms with Crippen LogP contribution in [0.2, 0.25) is 5.02 Å². The molecule has 0 amide bonds. The van der Waals surface area contributed by atoms with E-state index in [0.29, 0.717) is 10.6 Å². The van der Waals surface area contributed by atoms with Gasteiger partial charge in [0.05, 0.1) is 12.0 Å². The Kier molecular flexibility index (Phi) is 4.00. The monoisotopic (exact) mass is 220 g/mol. The molecule has 4 heteroatoms. The zero-order valence-electron chi connectivity index (χ0n) is 6.82. The molecule has 1 aromatic carbocycles. The maximum Gasteiger partial charge on any atom is 0.106 e. The summed E-state index contributed by atoms with van der Waals surface area (Å²) < 4.78 is 0. The molecular weight excluding hydrogens is 211 g/mol. The van der Waals surface area contributed by atoms with Crippen molar-refractivity contribution in [2.45, 2.75) is 12.2 Å². The molecule has 0 aliphatic rings. The van der Waals surface area contributed by atoms with Crippen LogP contribution in [0.1, 0.15) is 11.7 Å². The van der Waals surface area contributed by atoms with E-state index in [1.807, 2.05) is 0 Å². The van der Waals surface area contributed by atoms with Crippen molar-refractivity contribution < 1.29 is 10.2 Å². The number of hydrogen-bond acceptors (Lipinski definition) is 2. The van der Waals surface area contributed by atoms with E-state index >= 15 is 0 Å². The lowest BCUT2D eigenvalue weighted by molar-refractivity contribution is 0.0327. The summed E-state index contributed by atoms with van der Waals surface area (Å²) in [6.07, 6.45) is -1.89. The van der Waals surface area contributed by atoms with Gasteiger partial charge in [0, 0.05) is 5.02 Å². The Morgan fingerprint density at radius 2 is 1.69 bits per heavy atom. The molecule has 0 saturated carbocycles. The van der Waals surface area contributed by atoms with E-state index in [1.54, 1.807) is 24.3 Å². The van der Waals surface area contributed by atoms with Gasteiger partial charge in [-0.3, -0.25) is 0 Å². The normalized spacial score (nSPS) is 15.4. The van der Waals surface area contributed by atoms with Crippen molar-refractivity contribution >= 4 is 23.2 Å². The predicted molar refractivity (Wildman–Crippen MR) is 53.1 cm³/mol. The number of aliphatic hydroxyl groups excluding tert-OH is 2. The molecule has 2 unspecified atom stereocenters. The van der Waals surface area contributed by atoms with Crippen LogP contribution in [0, 0.1) is 0 Å². The molecule has 2 nitrogen and oxygen atoms in total. The maximum atomic E-state index is 9.50. The summed E-state index contributed by atoms with van der Waals surface area (Å²) in [6.45, 7) is 0. The number of benzene rings is 1. The van der Waals surface area contributed by atoms with Gasteiger partial charge in [0.2, 0.25) is 0 Å². The fourth-order valence-corrected chi connectivity index (χ4v) is 1.26. The van der Waals surface area contributed by atoms with Crippen molar-refractivity contribution in [2.75, 3.05) is 5.88 Å². The molecule has 0 saturated heterocycles. The molecule has 13 heavy (non-hydrogen) atoms. The van der Waals surface area contributed by atoms with E-state index in [1.165, 1.54) is 0 Å². The molecule has 0 aliphatic heterocycles. The third-order valence-electron chi connectivity index (χ3n) is 1.73. The molecule has 0 fully saturated rings. The molecule has 1 aromatic rings. The van der Waals surface area contributed by atoms with E-state index < -0.39 is 12.2 Å². The average molecular weight is 221 g/mol. The first kappa shape index (κ1) is 10.8. The summed E-state index contributed by atoms with van der Waals surface area (Å²) in [5, 5.41) is 19.3. The summed E-state index contributed by atoms with van der Waals surface area (Å²) in [5.74, 6) is 0.00376. The van der Waals surface area contributed by atoms with E-state index in [-0.39, 0.29) is 5.88 Å². The first-order valence-electron chi connectivity index (χ1n) is 3.82. The number of rotatable bonds is 3. The third-order valence-corrected chi connectivity index (χ3v) is 2.30. The van der Waals surface area contributed by atoms with Gasteiger partial charge >= 0.3 is 0 Å². The minimum absolute atomic E-state index is 0.00376. The molecule has 2 N–H and O–H groups in total. The Hall–Kier alpha value is -0.280. The minimum atomic E-state index is -0.949. The van der Waals surface area contributed by atoms with Crippen molar-refractivity contribution in [3.05, 3.63) is 34.9 Å². The molecule has 2 atom stereocenters. The molecule has 0 aliphatic carbocycles. The Labute approximate surface area is 86.7 Å². The van der Waals surface area contributed by atoms with Crippen LogP contribution < -0.4 is 0 Å². The standard InChI is InChI=1S/C9H10Cl2O2/c10-5-8(12)9(13)6-1-3-7(11)4-2-6/h1-4,8-9,12-13H,5H2. The van der Waals surface area contributed by atoms with Crippen molar-refractivity contribution in [1.29, 1.82) is 0 Å². The van der Waals surface area contributed by atoms with Gasteiger partial charge in [-0.1, -0.05) is 23.7 Å². The van der Waals surface area contributed by atoms with E-state index in [2.05, 4.69) is 0 Å². The largest absolute Gasteiger partial charge is 0.389 e. The summed E-state index contributed by atoms with van der Waals surface area (Å²) in [6, 6.07) is 6.62. The van der Waals surface area contributed by atoms with Crippen LogP contribution in [0.15, 0.2) is 24.3 Å². The van der Waals surface area contributed by atoms with Gasteiger partial charge in [0.15, 0.2) is 0 Å². The Balaban J connectivity index is 2.77. The second kappa shape index (κ2) is 4.82. The topological polar surface area (TPSA) is 40.5 Å². The van der Waals surface area contributed by atoms with Crippen LogP contribution in [-0.2, 0) is 0 Å². The summed E-state index contributed by atoms with van der Waals surface area (Å²) in [5.41, 5.74) is 0.609. The van der Waals surface area contributed by atoms with Crippen LogP contribution in [0.5, 0.6) is 0 Å². The Bertz CT molecular complexity index is 261. The van der Waals surface area contributed by atoms with Gasteiger partial charge in [0.1, 0.15) is 6.10 Å². The van der Waals surface area contributed by atoms with Gasteiger partial charge < -0.3 is 10.2 Å². The maximum absolute atomic E-state index is 9.50. The summed E-state index contributed by atoms with van der Waals surface area (Å²) in [4.78, 5) is 0. The van der Waals surface area contributed by atoms with Gasteiger partial charge in [-0.2, -0.15) is 0 Å². The van der Waals surface area contributed by atoms with Gasteiger partial charge in [0.25, 0.3) is 0 Å². The van der Waals surface area contributed by atoms with Crippen LogP contribution in [0.4, 0.5) is 0 Å². The SMILES string of the molecule is OC(CCl)C(O)c1ccc(Cl)cc1. The molecule has 0 spiro atoms. The fourth-order valence-electron chi connectivity index (χ4n) is 0.966. The molecule has 0 radical (unpaired) electrons. The van der Waals surface area contributed by atoms with E-state index in [9.17, 15) is 10.2 Å². The zero-order valence-corrected chi connectivity index (χ0v) is 8.33. The van der Waals surface area contributed by atoms with E-state index in [4.69, 9.17) is 23.2 Å². The molecule has 72 valence electrons. The second-order valence-electron chi connectivity index (χ2n) is 2.72. The highest BCUT2D eigenvalue weighted by atomic mass is 35.5. The molecule has 0 bridgehead atoms. The number of halogens is 2. The highest BCUT2D eigenvalue weighted by Crippen LogP contribution is 2.19. The Morgan fingerprint density at radius 3 is 2.15 bits per heavy atom. The molecule has 0 aromatic heterocycles. The van der Waals surface area contributed by atoms with Crippen LogP contribution >= 0.6 is 23.2 Å². The predicted octanol–water partition coefficient (Wildman–Crippen LogP) is 1.97. The van der Waals surface area contributed by atoms with Crippen molar-refractivity contribution in [2.24, 2.45) is 0 Å². The van der Waals surface area contributed by atoms with Crippen LogP contribution in [-0.4, -0.2) is 22.2 Å². The van der Waals surface area contributed by atoms with Gasteiger partial charge in [-0.05, 0) is 17.7 Å². The first-order chi connectivity index (χ1) is 6.15. The van der Waals surface area contributed by atoms with Crippen molar-refractivity contribution in [1.82, 2.24) is 0 Å². The van der Waals surface area contributed by atoms with Gasteiger partial charge in [-0.15, -0.1) is 11.6 Å². The fraction of sp³-hybridized carbons (Fsp3) is 0.333. The lowest BCUT2D eigenvalue weighted by Gasteiger charge is -2.15. The second-order valence-corrected chi connectivity index (χ2v) is 3.46. The molecule has 0 heterocycles.